The van der Waals surface area contributed by atoms with E-state index in [2.05, 4.69) is 20.1 Å². The molecule has 3 aromatic rings. The SMILES string of the molecule is O=c1cc(-c2noc(C3(c4ccc(Cl)nc4)CCC3)n2)cc[nH]1. The van der Waals surface area contributed by atoms with Gasteiger partial charge in [-0.05, 0) is 30.5 Å². The maximum Gasteiger partial charge on any atom is 0.248 e. The summed E-state index contributed by atoms with van der Waals surface area (Å²) >= 11 is 5.87. The monoisotopic (exact) mass is 328 g/mol. The average Bonchev–Trinajstić information content (AvgIpc) is 2.98. The summed E-state index contributed by atoms with van der Waals surface area (Å²) < 4.78 is 5.52. The summed E-state index contributed by atoms with van der Waals surface area (Å²) in [5, 5.41) is 4.49. The second-order valence-electron chi connectivity index (χ2n) is 5.67. The highest BCUT2D eigenvalue weighted by Crippen LogP contribution is 2.48. The fourth-order valence-corrected chi connectivity index (χ4v) is 3.05. The van der Waals surface area contributed by atoms with E-state index in [0.29, 0.717) is 22.4 Å². The number of aromatic nitrogens is 4. The lowest BCUT2D eigenvalue weighted by Crippen LogP contribution is -2.36. The molecule has 116 valence electrons. The molecule has 0 saturated heterocycles. The first-order valence-electron chi connectivity index (χ1n) is 7.33. The van der Waals surface area contributed by atoms with Gasteiger partial charge in [0.05, 0.1) is 5.41 Å². The van der Waals surface area contributed by atoms with E-state index in [0.717, 1.165) is 24.8 Å². The normalized spacial score (nSPS) is 16.0. The molecule has 4 rings (SSSR count). The third kappa shape index (κ3) is 2.35. The van der Waals surface area contributed by atoms with E-state index in [1.54, 1.807) is 24.5 Å². The van der Waals surface area contributed by atoms with E-state index in [4.69, 9.17) is 16.1 Å². The van der Waals surface area contributed by atoms with Gasteiger partial charge in [-0.15, -0.1) is 0 Å². The number of pyridine rings is 2. The van der Waals surface area contributed by atoms with Gasteiger partial charge in [0.15, 0.2) is 0 Å². The first-order valence-corrected chi connectivity index (χ1v) is 7.70. The number of aromatic amines is 1. The number of halogens is 1. The molecule has 0 radical (unpaired) electrons. The number of H-pyrrole nitrogens is 1. The number of rotatable bonds is 3. The van der Waals surface area contributed by atoms with Crippen LogP contribution in [0.1, 0.15) is 30.7 Å². The van der Waals surface area contributed by atoms with Crippen molar-refractivity contribution in [3.63, 3.8) is 0 Å². The van der Waals surface area contributed by atoms with E-state index in [-0.39, 0.29) is 11.0 Å². The fourth-order valence-electron chi connectivity index (χ4n) is 2.93. The van der Waals surface area contributed by atoms with Crippen molar-refractivity contribution in [3.8, 4) is 11.4 Å². The highest BCUT2D eigenvalue weighted by molar-refractivity contribution is 6.29. The van der Waals surface area contributed by atoms with Crippen LogP contribution in [0.5, 0.6) is 0 Å². The molecule has 0 bridgehead atoms. The maximum atomic E-state index is 11.4. The molecule has 0 amide bonds. The average molecular weight is 329 g/mol. The third-order valence-electron chi connectivity index (χ3n) is 4.36. The standard InChI is InChI=1S/C16H13ClN4O2/c17-12-3-2-11(9-19-12)16(5-1-6-16)15-20-14(21-23-15)10-4-7-18-13(22)8-10/h2-4,7-9H,1,5-6H2,(H,18,22). The molecule has 1 N–H and O–H groups in total. The van der Waals surface area contributed by atoms with Crippen molar-refractivity contribution in [2.24, 2.45) is 0 Å². The largest absolute Gasteiger partial charge is 0.338 e. The van der Waals surface area contributed by atoms with Gasteiger partial charge in [-0.3, -0.25) is 4.79 Å². The van der Waals surface area contributed by atoms with E-state index in [9.17, 15) is 4.79 Å². The summed E-state index contributed by atoms with van der Waals surface area (Å²) in [6, 6.07) is 6.91. The van der Waals surface area contributed by atoms with Gasteiger partial charge in [0.2, 0.25) is 17.3 Å². The van der Waals surface area contributed by atoms with E-state index < -0.39 is 0 Å². The van der Waals surface area contributed by atoms with Gasteiger partial charge in [0, 0.05) is 24.0 Å². The minimum atomic E-state index is -0.302. The van der Waals surface area contributed by atoms with Crippen LogP contribution in [-0.4, -0.2) is 20.1 Å². The Bertz CT molecular complexity index is 897. The zero-order chi connectivity index (χ0) is 15.9. The van der Waals surface area contributed by atoms with Gasteiger partial charge in [-0.1, -0.05) is 29.2 Å². The summed E-state index contributed by atoms with van der Waals surface area (Å²) in [6.07, 6.45) is 6.26. The Morgan fingerprint density at radius 2 is 2.13 bits per heavy atom. The van der Waals surface area contributed by atoms with Crippen LogP contribution in [0.2, 0.25) is 5.15 Å². The van der Waals surface area contributed by atoms with Gasteiger partial charge < -0.3 is 9.51 Å². The summed E-state index contributed by atoms with van der Waals surface area (Å²) in [6.45, 7) is 0. The minimum absolute atomic E-state index is 0.200. The number of hydrogen-bond donors (Lipinski definition) is 1. The molecule has 1 saturated carbocycles. The second-order valence-corrected chi connectivity index (χ2v) is 6.06. The molecule has 23 heavy (non-hydrogen) atoms. The number of nitrogens with zero attached hydrogens (tertiary/aromatic N) is 3. The topological polar surface area (TPSA) is 84.7 Å². The molecule has 0 unspecified atom stereocenters. The molecule has 1 aliphatic carbocycles. The van der Waals surface area contributed by atoms with Gasteiger partial charge in [0.1, 0.15) is 5.15 Å². The Hall–Kier alpha value is -2.47. The molecule has 0 atom stereocenters. The van der Waals surface area contributed by atoms with E-state index in [1.807, 2.05) is 6.07 Å². The quantitative estimate of drug-likeness (QED) is 0.747. The predicted octanol–water partition coefficient (Wildman–Crippen LogP) is 2.94. The summed E-state index contributed by atoms with van der Waals surface area (Å²) in [5.41, 5.74) is 1.15. The second kappa shape index (κ2) is 5.31. The van der Waals surface area contributed by atoms with Crippen LogP contribution in [0.25, 0.3) is 11.4 Å². The van der Waals surface area contributed by atoms with Crippen molar-refractivity contribution in [1.29, 1.82) is 0 Å². The highest BCUT2D eigenvalue weighted by atomic mass is 35.5. The smallest absolute Gasteiger partial charge is 0.248 e. The zero-order valence-electron chi connectivity index (χ0n) is 12.1. The first kappa shape index (κ1) is 14.1. The van der Waals surface area contributed by atoms with Gasteiger partial charge >= 0.3 is 0 Å². The Morgan fingerprint density at radius 1 is 1.26 bits per heavy atom. The number of hydrogen-bond acceptors (Lipinski definition) is 5. The van der Waals surface area contributed by atoms with E-state index >= 15 is 0 Å². The summed E-state index contributed by atoms with van der Waals surface area (Å²) in [7, 11) is 0. The molecule has 0 aromatic carbocycles. The lowest BCUT2D eigenvalue weighted by Gasteiger charge is -2.38. The van der Waals surface area contributed by atoms with Crippen molar-refractivity contribution in [3.05, 3.63) is 63.6 Å². The summed E-state index contributed by atoms with van der Waals surface area (Å²) in [4.78, 5) is 22.7. The minimum Gasteiger partial charge on any atom is -0.338 e. The van der Waals surface area contributed by atoms with Gasteiger partial charge in [0.25, 0.3) is 0 Å². The van der Waals surface area contributed by atoms with Crippen molar-refractivity contribution >= 4 is 11.6 Å². The van der Waals surface area contributed by atoms with Gasteiger partial charge in [-0.25, -0.2) is 4.98 Å². The Balaban J connectivity index is 1.75. The lowest BCUT2D eigenvalue weighted by atomic mass is 9.64. The molecule has 1 aliphatic rings. The van der Waals surface area contributed by atoms with Crippen LogP contribution in [0.3, 0.4) is 0 Å². The molecule has 6 nitrogen and oxygen atoms in total. The van der Waals surface area contributed by atoms with Crippen molar-refractivity contribution in [2.75, 3.05) is 0 Å². The molecular weight excluding hydrogens is 316 g/mol. The molecular formula is C16H13ClN4O2. The van der Waals surface area contributed by atoms with Crippen LogP contribution in [0.4, 0.5) is 0 Å². The molecule has 0 aliphatic heterocycles. The van der Waals surface area contributed by atoms with Crippen LogP contribution in [-0.2, 0) is 5.41 Å². The highest BCUT2D eigenvalue weighted by Gasteiger charge is 2.45. The number of nitrogens with one attached hydrogen (secondary N) is 1. The van der Waals surface area contributed by atoms with Crippen LogP contribution in [0, 0.1) is 0 Å². The van der Waals surface area contributed by atoms with Crippen molar-refractivity contribution in [2.45, 2.75) is 24.7 Å². The molecule has 3 heterocycles. The zero-order valence-corrected chi connectivity index (χ0v) is 12.9. The van der Waals surface area contributed by atoms with Crippen LogP contribution >= 0.6 is 11.6 Å². The molecule has 0 spiro atoms. The Morgan fingerprint density at radius 3 is 2.78 bits per heavy atom. The summed E-state index contributed by atoms with van der Waals surface area (Å²) in [5.74, 6) is 0.974. The van der Waals surface area contributed by atoms with Crippen molar-refractivity contribution < 1.29 is 4.52 Å². The van der Waals surface area contributed by atoms with Crippen molar-refractivity contribution in [1.82, 2.24) is 20.1 Å². The maximum absolute atomic E-state index is 11.4. The predicted molar refractivity (Wildman–Crippen MR) is 84.2 cm³/mol. The Labute approximate surface area is 136 Å². The lowest BCUT2D eigenvalue weighted by molar-refractivity contribution is 0.216. The molecule has 1 fully saturated rings. The third-order valence-corrected chi connectivity index (χ3v) is 4.58. The Kier molecular flexibility index (Phi) is 3.27. The first-order chi connectivity index (χ1) is 11.2. The molecule has 3 aromatic heterocycles. The van der Waals surface area contributed by atoms with Crippen LogP contribution in [0.15, 0.2) is 46.0 Å². The molecule has 7 heteroatoms. The van der Waals surface area contributed by atoms with E-state index in [1.165, 1.54) is 6.07 Å². The van der Waals surface area contributed by atoms with Gasteiger partial charge in [-0.2, -0.15) is 4.98 Å². The fraction of sp³-hybridized carbons (Fsp3) is 0.250. The van der Waals surface area contributed by atoms with Crippen LogP contribution < -0.4 is 5.56 Å².